The van der Waals surface area contributed by atoms with Gasteiger partial charge >= 0.3 is 6.03 Å². The Morgan fingerprint density at radius 3 is 2.76 bits per heavy atom. The molecule has 0 radical (unpaired) electrons. The molecule has 7 nitrogen and oxygen atoms in total. The summed E-state index contributed by atoms with van der Waals surface area (Å²) in [5, 5.41) is 15.8. The van der Waals surface area contributed by atoms with Gasteiger partial charge in [0, 0.05) is 12.1 Å². The van der Waals surface area contributed by atoms with Crippen molar-refractivity contribution in [2.24, 2.45) is 0 Å². The summed E-state index contributed by atoms with van der Waals surface area (Å²) in [6, 6.07) is 8.27. The summed E-state index contributed by atoms with van der Waals surface area (Å²) in [7, 11) is 0. The first kappa shape index (κ1) is 17.0. The summed E-state index contributed by atoms with van der Waals surface area (Å²) in [6.45, 7) is 5.35. The molecule has 1 atom stereocenters. The van der Waals surface area contributed by atoms with Crippen LogP contribution in [0.1, 0.15) is 31.3 Å². The molecule has 132 valence electrons. The SMILES string of the molecule is CCc1nc2cc(NC(=O)NCC(C)(O)c3ccc(C)o3)ccc2o1. The average Bonchev–Trinajstić information content (AvgIpc) is 3.19. The van der Waals surface area contributed by atoms with Gasteiger partial charge in [-0.1, -0.05) is 6.92 Å². The lowest BCUT2D eigenvalue weighted by molar-refractivity contribution is 0.0364. The average molecular weight is 343 g/mol. The molecule has 0 fully saturated rings. The van der Waals surface area contributed by atoms with E-state index in [2.05, 4.69) is 15.6 Å². The highest BCUT2D eigenvalue weighted by atomic mass is 16.4. The van der Waals surface area contributed by atoms with E-state index >= 15 is 0 Å². The largest absolute Gasteiger partial charge is 0.463 e. The maximum atomic E-state index is 12.1. The van der Waals surface area contributed by atoms with Crippen molar-refractivity contribution >= 4 is 22.8 Å². The summed E-state index contributed by atoms with van der Waals surface area (Å²) in [6.07, 6.45) is 0.708. The Bertz CT molecular complexity index is 895. The van der Waals surface area contributed by atoms with Gasteiger partial charge < -0.3 is 24.6 Å². The highest BCUT2D eigenvalue weighted by Crippen LogP contribution is 2.22. The van der Waals surface area contributed by atoms with Crippen LogP contribution in [0.4, 0.5) is 10.5 Å². The molecule has 1 unspecified atom stereocenters. The number of aliphatic hydroxyl groups is 1. The summed E-state index contributed by atoms with van der Waals surface area (Å²) in [5.74, 6) is 1.76. The molecule has 3 rings (SSSR count). The molecule has 0 spiro atoms. The zero-order chi connectivity index (χ0) is 18.0. The van der Waals surface area contributed by atoms with Crippen LogP contribution in [0.25, 0.3) is 11.1 Å². The summed E-state index contributed by atoms with van der Waals surface area (Å²) in [5.41, 5.74) is 0.665. The van der Waals surface area contributed by atoms with Gasteiger partial charge in [-0.25, -0.2) is 9.78 Å². The van der Waals surface area contributed by atoms with Crippen LogP contribution in [0.5, 0.6) is 0 Å². The number of hydrogen-bond donors (Lipinski definition) is 3. The number of aromatic nitrogens is 1. The Kier molecular flexibility index (Phi) is 4.50. The molecule has 0 aliphatic heterocycles. The zero-order valence-electron chi connectivity index (χ0n) is 14.4. The maximum absolute atomic E-state index is 12.1. The molecule has 0 bridgehead atoms. The Balaban J connectivity index is 1.62. The number of aryl methyl sites for hydroxylation is 2. The second-order valence-electron chi connectivity index (χ2n) is 6.14. The number of nitrogens with zero attached hydrogens (tertiary/aromatic N) is 1. The summed E-state index contributed by atoms with van der Waals surface area (Å²) >= 11 is 0. The van der Waals surface area contributed by atoms with Gasteiger partial charge in [0.15, 0.2) is 11.5 Å². The van der Waals surface area contributed by atoms with Crippen molar-refractivity contribution in [1.29, 1.82) is 0 Å². The molecule has 0 aliphatic carbocycles. The monoisotopic (exact) mass is 343 g/mol. The number of anilines is 1. The third kappa shape index (κ3) is 3.83. The van der Waals surface area contributed by atoms with Crippen LogP contribution < -0.4 is 10.6 Å². The quantitative estimate of drug-likeness (QED) is 0.660. The molecule has 0 saturated heterocycles. The predicted molar refractivity (Wildman–Crippen MR) is 93.4 cm³/mol. The van der Waals surface area contributed by atoms with E-state index in [1.54, 1.807) is 44.2 Å². The fourth-order valence-corrected chi connectivity index (χ4v) is 2.44. The fraction of sp³-hybridized carbons (Fsp3) is 0.333. The van der Waals surface area contributed by atoms with Crippen LogP contribution in [0.15, 0.2) is 39.2 Å². The molecular formula is C18H21N3O4. The molecule has 2 aromatic heterocycles. The Labute approximate surface area is 145 Å². The normalized spacial score (nSPS) is 13.6. The van der Waals surface area contributed by atoms with E-state index in [0.717, 1.165) is 0 Å². The van der Waals surface area contributed by atoms with E-state index in [1.165, 1.54) is 0 Å². The minimum atomic E-state index is -1.29. The van der Waals surface area contributed by atoms with Crippen molar-refractivity contribution in [1.82, 2.24) is 10.3 Å². The van der Waals surface area contributed by atoms with E-state index in [1.807, 2.05) is 6.92 Å². The molecule has 3 aromatic rings. The van der Waals surface area contributed by atoms with Crippen LogP contribution in [-0.2, 0) is 12.0 Å². The molecule has 0 saturated carbocycles. The molecule has 2 heterocycles. The topological polar surface area (TPSA) is 101 Å². The molecular weight excluding hydrogens is 322 g/mol. The third-order valence-electron chi connectivity index (χ3n) is 3.86. The minimum absolute atomic E-state index is 0.0119. The lowest BCUT2D eigenvalue weighted by Gasteiger charge is -2.21. The second kappa shape index (κ2) is 6.60. The number of amides is 2. The molecule has 2 amide bonds. The van der Waals surface area contributed by atoms with Gasteiger partial charge in [-0.3, -0.25) is 0 Å². The number of oxazole rings is 1. The number of urea groups is 1. The van der Waals surface area contributed by atoms with Gasteiger partial charge in [0.25, 0.3) is 0 Å². The van der Waals surface area contributed by atoms with E-state index in [9.17, 15) is 9.90 Å². The minimum Gasteiger partial charge on any atom is -0.463 e. The van der Waals surface area contributed by atoms with Gasteiger partial charge in [0.05, 0.1) is 6.54 Å². The van der Waals surface area contributed by atoms with Crippen LogP contribution in [0.3, 0.4) is 0 Å². The first-order valence-electron chi connectivity index (χ1n) is 8.11. The van der Waals surface area contributed by atoms with Crippen molar-refractivity contribution in [3.63, 3.8) is 0 Å². The highest BCUT2D eigenvalue weighted by Gasteiger charge is 2.27. The third-order valence-corrected chi connectivity index (χ3v) is 3.86. The van der Waals surface area contributed by atoms with Crippen molar-refractivity contribution in [2.75, 3.05) is 11.9 Å². The molecule has 1 aromatic carbocycles. The van der Waals surface area contributed by atoms with E-state index in [4.69, 9.17) is 8.83 Å². The standard InChI is InChI=1S/C18H21N3O4/c1-4-16-21-13-9-12(6-7-14(13)25-16)20-17(22)19-10-18(3,23)15-8-5-11(2)24-15/h5-9,23H,4,10H2,1-3H3,(H2,19,20,22). The Hall–Kier alpha value is -2.80. The first-order valence-corrected chi connectivity index (χ1v) is 8.11. The Morgan fingerprint density at radius 2 is 2.08 bits per heavy atom. The lowest BCUT2D eigenvalue weighted by atomic mass is 10.0. The number of fused-ring (bicyclic) bond motifs is 1. The molecule has 7 heteroatoms. The number of carbonyl (C=O) groups excluding carboxylic acids is 1. The van der Waals surface area contributed by atoms with Gasteiger partial charge in [-0.05, 0) is 44.2 Å². The van der Waals surface area contributed by atoms with Gasteiger partial charge in [0.2, 0.25) is 0 Å². The van der Waals surface area contributed by atoms with E-state index in [0.29, 0.717) is 40.6 Å². The van der Waals surface area contributed by atoms with E-state index < -0.39 is 11.6 Å². The van der Waals surface area contributed by atoms with Crippen molar-refractivity contribution in [3.05, 3.63) is 47.7 Å². The van der Waals surface area contributed by atoms with Gasteiger partial charge in [-0.15, -0.1) is 0 Å². The van der Waals surface area contributed by atoms with Crippen LogP contribution in [0.2, 0.25) is 0 Å². The molecule has 3 N–H and O–H groups in total. The second-order valence-corrected chi connectivity index (χ2v) is 6.14. The number of furan rings is 1. The number of hydrogen-bond acceptors (Lipinski definition) is 5. The number of benzene rings is 1. The predicted octanol–water partition coefficient (Wildman–Crippen LogP) is 3.32. The van der Waals surface area contributed by atoms with Crippen molar-refractivity contribution in [2.45, 2.75) is 32.8 Å². The Morgan fingerprint density at radius 1 is 1.28 bits per heavy atom. The van der Waals surface area contributed by atoms with Gasteiger partial charge in [0.1, 0.15) is 22.6 Å². The van der Waals surface area contributed by atoms with Crippen molar-refractivity contribution in [3.8, 4) is 0 Å². The molecule has 0 aliphatic rings. The van der Waals surface area contributed by atoms with E-state index in [-0.39, 0.29) is 6.54 Å². The highest BCUT2D eigenvalue weighted by molar-refractivity contribution is 5.91. The lowest BCUT2D eigenvalue weighted by Crippen LogP contribution is -2.40. The van der Waals surface area contributed by atoms with Crippen LogP contribution in [-0.4, -0.2) is 22.7 Å². The smallest absolute Gasteiger partial charge is 0.319 e. The van der Waals surface area contributed by atoms with Crippen molar-refractivity contribution < 1.29 is 18.7 Å². The van der Waals surface area contributed by atoms with Gasteiger partial charge in [-0.2, -0.15) is 0 Å². The number of nitrogens with one attached hydrogen (secondary N) is 2. The zero-order valence-corrected chi connectivity index (χ0v) is 14.4. The number of rotatable bonds is 5. The maximum Gasteiger partial charge on any atom is 0.319 e. The fourth-order valence-electron chi connectivity index (χ4n) is 2.44. The molecule has 25 heavy (non-hydrogen) atoms. The first-order chi connectivity index (χ1) is 11.9. The van der Waals surface area contributed by atoms with Crippen LogP contribution >= 0.6 is 0 Å². The summed E-state index contributed by atoms with van der Waals surface area (Å²) in [4.78, 5) is 16.4. The van der Waals surface area contributed by atoms with Crippen LogP contribution in [0, 0.1) is 6.92 Å². The summed E-state index contributed by atoms with van der Waals surface area (Å²) < 4.78 is 11.0. The number of carbonyl (C=O) groups is 1.